The molecule has 1 aromatic heterocycles. The van der Waals surface area contributed by atoms with Crippen molar-refractivity contribution in [2.45, 2.75) is 6.92 Å². The van der Waals surface area contributed by atoms with Gasteiger partial charge in [0.05, 0.1) is 0 Å². The zero-order valence-electron chi connectivity index (χ0n) is 7.57. The minimum atomic E-state index is 0.867. The highest BCUT2D eigenvalue weighted by molar-refractivity contribution is 6.08. The Labute approximate surface area is 78.1 Å². The van der Waals surface area contributed by atoms with Gasteiger partial charge in [-0.05, 0) is 13.0 Å². The van der Waals surface area contributed by atoms with Crippen LogP contribution in [0.2, 0.25) is 0 Å². The van der Waals surface area contributed by atoms with E-state index in [-0.39, 0.29) is 0 Å². The molecule has 1 rings (SSSR count). The van der Waals surface area contributed by atoms with E-state index in [4.69, 9.17) is 5.41 Å². The molecule has 1 aromatic rings. The van der Waals surface area contributed by atoms with Gasteiger partial charge in [-0.1, -0.05) is 24.3 Å². The third-order valence-corrected chi connectivity index (χ3v) is 1.62. The second-order valence-corrected chi connectivity index (χ2v) is 2.53. The van der Waals surface area contributed by atoms with E-state index in [9.17, 15) is 0 Å². The van der Waals surface area contributed by atoms with Gasteiger partial charge in [-0.2, -0.15) is 0 Å². The van der Waals surface area contributed by atoms with Crippen LogP contribution in [-0.4, -0.2) is 11.2 Å². The summed E-state index contributed by atoms with van der Waals surface area (Å²) in [6.07, 6.45) is 10.5. The molecule has 0 unspecified atom stereocenters. The maximum Gasteiger partial charge on any atom is 0.0346 e. The van der Waals surface area contributed by atoms with E-state index >= 15 is 0 Å². The Kier molecular flexibility index (Phi) is 3.64. The maximum absolute atomic E-state index is 7.22. The standard InChI is InChI=1S/C11H12N2/c1-2-3-5-10(8-12)11-6-4-7-13-9-11/h2-9,12H,1H3/b3-2-,10-5+,12-8?. The zero-order valence-corrected chi connectivity index (χ0v) is 7.57. The molecule has 13 heavy (non-hydrogen) atoms. The first-order valence-electron chi connectivity index (χ1n) is 4.12. The van der Waals surface area contributed by atoms with E-state index in [1.165, 1.54) is 6.21 Å². The summed E-state index contributed by atoms with van der Waals surface area (Å²) in [4.78, 5) is 3.99. The highest BCUT2D eigenvalue weighted by Gasteiger charge is 1.94. The quantitative estimate of drug-likeness (QED) is 0.552. The predicted molar refractivity (Wildman–Crippen MR) is 55.8 cm³/mol. The molecule has 1 heterocycles. The molecule has 0 spiro atoms. The molecule has 0 atom stereocenters. The average Bonchev–Trinajstić information content (AvgIpc) is 2.21. The van der Waals surface area contributed by atoms with Gasteiger partial charge in [0.25, 0.3) is 0 Å². The van der Waals surface area contributed by atoms with Gasteiger partial charge in [0, 0.05) is 29.7 Å². The summed E-state index contributed by atoms with van der Waals surface area (Å²) in [5, 5.41) is 7.22. The predicted octanol–water partition coefficient (Wildman–Crippen LogP) is 2.69. The summed E-state index contributed by atoms with van der Waals surface area (Å²) in [6.45, 7) is 1.95. The molecular formula is C11H12N2. The number of nitrogens with zero attached hydrogens (tertiary/aromatic N) is 1. The molecule has 0 aromatic carbocycles. The van der Waals surface area contributed by atoms with Crippen molar-refractivity contribution >= 4 is 11.8 Å². The molecule has 0 saturated heterocycles. The largest absolute Gasteiger partial charge is 0.308 e. The monoisotopic (exact) mass is 172 g/mol. The van der Waals surface area contributed by atoms with E-state index in [0.717, 1.165) is 11.1 Å². The first-order chi connectivity index (χ1) is 6.38. The molecule has 0 amide bonds. The highest BCUT2D eigenvalue weighted by Crippen LogP contribution is 2.09. The minimum Gasteiger partial charge on any atom is -0.308 e. The van der Waals surface area contributed by atoms with Crippen LogP contribution in [0.25, 0.3) is 5.57 Å². The Morgan fingerprint density at radius 1 is 1.54 bits per heavy atom. The van der Waals surface area contributed by atoms with Crippen molar-refractivity contribution in [1.82, 2.24) is 4.98 Å². The van der Waals surface area contributed by atoms with E-state index in [2.05, 4.69) is 4.98 Å². The molecule has 0 aliphatic rings. The van der Waals surface area contributed by atoms with Crippen LogP contribution in [0.3, 0.4) is 0 Å². The fraction of sp³-hybridized carbons (Fsp3) is 0.0909. The van der Waals surface area contributed by atoms with Crippen molar-refractivity contribution in [2.75, 3.05) is 0 Å². The van der Waals surface area contributed by atoms with Gasteiger partial charge >= 0.3 is 0 Å². The van der Waals surface area contributed by atoms with Gasteiger partial charge in [0.2, 0.25) is 0 Å². The van der Waals surface area contributed by atoms with Crippen molar-refractivity contribution in [3.63, 3.8) is 0 Å². The molecule has 0 bridgehead atoms. The van der Waals surface area contributed by atoms with Crippen LogP contribution in [0.1, 0.15) is 12.5 Å². The number of hydrogen-bond acceptors (Lipinski definition) is 2. The summed E-state index contributed by atoms with van der Waals surface area (Å²) in [5.41, 5.74) is 1.84. The van der Waals surface area contributed by atoms with Gasteiger partial charge in [-0.3, -0.25) is 4.98 Å². The van der Waals surface area contributed by atoms with Crippen molar-refractivity contribution in [3.05, 3.63) is 48.3 Å². The number of hydrogen-bond donors (Lipinski definition) is 1. The van der Waals surface area contributed by atoms with E-state index in [0.29, 0.717) is 0 Å². The number of nitrogens with one attached hydrogen (secondary N) is 1. The van der Waals surface area contributed by atoms with Crippen molar-refractivity contribution in [3.8, 4) is 0 Å². The van der Waals surface area contributed by atoms with Gasteiger partial charge in [0.15, 0.2) is 0 Å². The normalized spacial score (nSPS) is 11.9. The lowest BCUT2D eigenvalue weighted by molar-refractivity contribution is 1.31. The number of pyridine rings is 1. The van der Waals surface area contributed by atoms with E-state index < -0.39 is 0 Å². The molecule has 0 fully saturated rings. The molecule has 2 heteroatoms. The molecule has 0 saturated carbocycles. The molecule has 0 aliphatic heterocycles. The summed E-state index contributed by atoms with van der Waals surface area (Å²) >= 11 is 0. The van der Waals surface area contributed by atoms with Gasteiger partial charge in [0.1, 0.15) is 0 Å². The summed E-state index contributed by atoms with van der Waals surface area (Å²) in [6, 6.07) is 3.80. The summed E-state index contributed by atoms with van der Waals surface area (Å²) < 4.78 is 0. The number of allylic oxidation sites excluding steroid dienone is 4. The Bertz CT molecular complexity index is 323. The fourth-order valence-electron chi connectivity index (χ4n) is 0.961. The lowest BCUT2D eigenvalue weighted by Gasteiger charge is -1.97. The van der Waals surface area contributed by atoms with Crippen LogP contribution in [0, 0.1) is 5.41 Å². The summed E-state index contributed by atoms with van der Waals surface area (Å²) in [5.74, 6) is 0. The van der Waals surface area contributed by atoms with Crippen molar-refractivity contribution in [1.29, 1.82) is 5.41 Å². The zero-order chi connectivity index (χ0) is 9.52. The smallest absolute Gasteiger partial charge is 0.0346 e. The lowest BCUT2D eigenvalue weighted by atomic mass is 10.1. The Hall–Kier alpha value is -1.70. The highest BCUT2D eigenvalue weighted by atomic mass is 14.6. The van der Waals surface area contributed by atoms with Gasteiger partial charge in [-0.25, -0.2) is 0 Å². The number of aromatic nitrogens is 1. The third kappa shape index (κ3) is 2.67. The Balaban J connectivity index is 2.98. The first-order valence-corrected chi connectivity index (χ1v) is 4.12. The van der Waals surface area contributed by atoms with Crippen LogP contribution in [-0.2, 0) is 0 Å². The van der Waals surface area contributed by atoms with Gasteiger partial charge in [-0.15, -0.1) is 0 Å². The Morgan fingerprint density at radius 3 is 2.92 bits per heavy atom. The maximum atomic E-state index is 7.22. The second-order valence-electron chi connectivity index (χ2n) is 2.53. The average molecular weight is 172 g/mol. The SMILES string of the molecule is C/C=C\C=C(/C=N)c1cccnc1. The topological polar surface area (TPSA) is 36.7 Å². The van der Waals surface area contributed by atoms with E-state index in [1.54, 1.807) is 12.4 Å². The Morgan fingerprint density at radius 2 is 2.38 bits per heavy atom. The fourth-order valence-corrected chi connectivity index (χ4v) is 0.961. The lowest BCUT2D eigenvalue weighted by Crippen LogP contribution is -1.84. The van der Waals surface area contributed by atoms with Crippen LogP contribution < -0.4 is 0 Å². The van der Waals surface area contributed by atoms with Crippen LogP contribution >= 0.6 is 0 Å². The van der Waals surface area contributed by atoms with Crippen LogP contribution in [0.4, 0.5) is 0 Å². The molecule has 66 valence electrons. The molecule has 0 aliphatic carbocycles. The number of rotatable bonds is 3. The first kappa shape index (κ1) is 9.39. The molecule has 2 nitrogen and oxygen atoms in total. The van der Waals surface area contributed by atoms with Crippen LogP contribution in [0.5, 0.6) is 0 Å². The second kappa shape index (κ2) is 5.04. The summed E-state index contributed by atoms with van der Waals surface area (Å²) in [7, 11) is 0. The molecule has 1 N–H and O–H groups in total. The van der Waals surface area contributed by atoms with E-state index in [1.807, 2.05) is 37.3 Å². The minimum absolute atomic E-state index is 0.867. The van der Waals surface area contributed by atoms with Gasteiger partial charge < -0.3 is 5.41 Å². The van der Waals surface area contributed by atoms with Crippen molar-refractivity contribution in [2.24, 2.45) is 0 Å². The molecular weight excluding hydrogens is 160 g/mol. The third-order valence-electron chi connectivity index (χ3n) is 1.62. The molecule has 0 radical (unpaired) electrons. The van der Waals surface area contributed by atoms with Crippen LogP contribution in [0.15, 0.2) is 42.8 Å². The van der Waals surface area contributed by atoms with Crippen molar-refractivity contribution < 1.29 is 0 Å².